The fraction of sp³-hybridized carbons (Fsp3) is 0.467. The van der Waals surface area contributed by atoms with Crippen LogP contribution in [0.2, 0.25) is 5.02 Å². The smallest absolute Gasteiger partial charge is 0.136 e. The summed E-state index contributed by atoms with van der Waals surface area (Å²) in [6, 6.07) is 6.07. The van der Waals surface area contributed by atoms with E-state index in [1.165, 1.54) is 0 Å². The Morgan fingerprint density at radius 1 is 1.32 bits per heavy atom. The molecule has 1 fully saturated rings. The van der Waals surface area contributed by atoms with Gasteiger partial charge in [0.15, 0.2) is 0 Å². The zero-order chi connectivity index (χ0) is 15.4. The Kier molecular flexibility index (Phi) is 5.25. The molecule has 1 aromatic heterocycles. The molecule has 2 aromatic rings. The Balaban J connectivity index is 1.63. The lowest BCUT2D eigenvalue weighted by atomic mass is 10.1. The SMILES string of the molecule is Cc1nnc(CNc2ccc(Cl)c(CN3CCOCC3)c2)s1. The van der Waals surface area contributed by atoms with Gasteiger partial charge in [0, 0.05) is 30.3 Å². The molecule has 0 atom stereocenters. The summed E-state index contributed by atoms with van der Waals surface area (Å²) in [6.45, 7) is 7.01. The number of nitrogens with zero attached hydrogens (tertiary/aromatic N) is 3. The van der Waals surface area contributed by atoms with Crippen LogP contribution in [0.25, 0.3) is 0 Å². The summed E-state index contributed by atoms with van der Waals surface area (Å²) < 4.78 is 5.38. The lowest BCUT2D eigenvalue weighted by molar-refractivity contribution is 0.0342. The van der Waals surface area contributed by atoms with E-state index in [2.05, 4.69) is 26.5 Å². The van der Waals surface area contributed by atoms with Crippen LogP contribution in [0.15, 0.2) is 18.2 Å². The number of ether oxygens (including phenoxy) is 1. The second-order valence-electron chi connectivity index (χ2n) is 5.26. The van der Waals surface area contributed by atoms with E-state index in [0.717, 1.165) is 59.1 Å². The summed E-state index contributed by atoms with van der Waals surface area (Å²) in [6.07, 6.45) is 0. The van der Waals surface area contributed by atoms with Gasteiger partial charge >= 0.3 is 0 Å². The van der Waals surface area contributed by atoms with E-state index in [0.29, 0.717) is 6.54 Å². The highest BCUT2D eigenvalue weighted by atomic mass is 35.5. The zero-order valence-corrected chi connectivity index (χ0v) is 14.1. The quantitative estimate of drug-likeness (QED) is 0.908. The number of hydrogen-bond acceptors (Lipinski definition) is 6. The summed E-state index contributed by atoms with van der Waals surface area (Å²) in [5, 5.41) is 14.3. The highest BCUT2D eigenvalue weighted by molar-refractivity contribution is 7.11. The van der Waals surface area contributed by atoms with Crippen LogP contribution in [-0.4, -0.2) is 41.4 Å². The predicted molar refractivity (Wildman–Crippen MR) is 89.5 cm³/mol. The standard InChI is InChI=1S/C15H19ClN4OS/c1-11-18-19-15(22-11)9-17-13-2-3-14(16)12(8-13)10-20-4-6-21-7-5-20/h2-3,8,17H,4-7,9-10H2,1H3. The van der Waals surface area contributed by atoms with Crippen LogP contribution in [0.3, 0.4) is 0 Å². The number of anilines is 1. The Morgan fingerprint density at radius 3 is 2.86 bits per heavy atom. The topological polar surface area (TPSA) is 50.3 Å². The van der Waals surface area contributed by atoms with Crippen LogP contribution >= 0.6 is 22.9 Å². The second-order valence-corrected chi connectivity index (χ2v) is 6.94. The fourth-order valence-electron chi connectivity index (χ4n) is 2.39. The number of morpholine rings is 1. The van der Waals surface area contributed by atoms with Crippen molar-refractivity contribution in [2.75, 3.05) is 31.6 Å². The molecule has 5 nitrogen and oxygen atoms in total. The zero-order valence-electron chi connectivity index (χ0n) is 12.5. The first-order valence-electron chi connectivity index (χ1n) is 7.32. The van der Waals surface area contributed by atoms with Gasteiger partial charge in [-0.2, -0.15) is 0 Å². The molecule has 0 radical (unpaired) electrons. The number of nitrogens with one attached hydrogen (secondary N) is 1. The average Bonchev–Trinajstić information content (AvgIpc) is 2.95. The van der Waals surface area contributed by atoms with E-state index in [1.807, 2.05) is 19.1 Å². The third-order valence-electron chi connectivity index (χ3n) is 3.55. The molecule has 0 aliphatic carbocycles. The molecule has 3 rings (SSSR count). The Labute approximate surface area is 139 Å². The van der Waals surface area contributed by atoms with Crippen molar-refractivity contribution >= 4 is 28.6 Å². The van der Waals surface area contributed by atoms with E-state index >= 15 is 0 Å². The van der Waals surface area contributed by atoms with Gasteiger partial charge in [-0.3, -0.25) is 4.90 Å². The van der Waals surface area contributed by atoms with Gasteiger partial charge in [-0.05, 0) is 30.7 Å². The van der Waals surface area contributed by atoms with Gasteiger partial charge in [-0.15, -0.1) is 10.2 Å². The molecule has 2 heterocycles. The summed E-state index contributed by atoms with van der Waals surface area (Å²) in [5.74, 6) is 0. The maximum Gasteiger partial charge on any atom is 0.136 e. The molecule has 118 valence electrons. The fourth-order valence-corrected chi connectivity index (χ4v) is 3.22. The third kappa shape index (κ3) is 4.16. The largest absolute Gasteiger partial charge is 0.379 e. The van der Waals surface area contributed by atoms with Crippen LogP contribution in [0.5, 0.6) is 0 Å². The summed E-state index contributed by atoms with van der Waals surface area (Å²) >= 11 is 7.94. The highest BCUT2D eigenvalue weighted by Gasteiger charge is 2.13. The highest BCUT2D eigenvalue weighted by Crippen LogP contribution is 2.23. The average molecular weight is 339 g/mol. The summed E-state index contributed by atoms with van der Waals surface area (Å²) in [5.41, 5.74) is 2.20. The predicted octanol–water partition coefficient (Wildman–Crippen LogP) is 2.94. The van der Waals surface area contributed by atoms with Crippen molar-refractivity contribution in [1.82, 2.24) is 15.1 Å². The van der Waals surface area contributed by atoms with Crippen molar-refractivity contribution in [2.45, 2.75) is 20.0 Å². The van der Waals surface area contributed by atoms with E-state index < -0.39 is 0 Å². The minimum Gasteiger partial charge on any atom is -0.379 e. The van der Waals surface area contributed by atoms with Gasteiger partial charge in [0.05, 0.1) is 19.8 Å². The van der Waals surface area contributed by atoms with E-state index in [-0.39, 0.29) is 0 Å². The van der Waals surface area contributed by atoms with Gasteiger partial charge in [-0.25, -0.2) is 0 Å². The minimum atomic E-state index is 0.685. The van der Waals surface area contributed by atoms with Crippen molar-refractivity contribution in [1.29, 1.82) is 0 Å². The molecule has 1 saturated heterocycles. The van der Waals surface area contributed by atoms with Crippen LogP contribution < -0.4 is 5.32 Å². The van der Waals surface area contributed by atoms with Crippen molar-refractivity contribution in [3.05, 3.63) is 38.8 Å². The first-order chi connectivity index (χ1) is 10.7. The number of benzene rings is 1. The van der Waals surface area contributed by atoms with Crippen molar-refractivity contribution in [3.8, 4) is 0 Å². The third-order valence-corrected chi connectivity index (χ3v) is 4.76. The molecule has 7 heteroatoms. The summed E-state index contributed by atoms with van der Waals surface area (Å²) in [4.78, 5) is 2.36. The molecular weight excluding hydrogens is 320 g/mol. The van der Waals surface area contributed by atoms with Gasteiger partial charge in [0.25, 0.3) is 0 Å². The Morgan fingerprint density at radius 2 is 2.14 bits per heavy atom. The Bertz CT molecular complexity index is 628. The lowest BCUT2D eigenvalue weighted by Gasteiger charge is -2.27. The van der Waals surface area contributed by atoms with Crippen LogP contribution in [0.4, 0.5) is 5.69 Å². The van der Waals surface area contributed by atoms with Gasteiger partial charge in [-0.1, -0.05) is 22.9 Å². The minimum absolute atomic E-state index is 0.685. The first-order valence-corrected chi connectivity index (χ1v) is 8.51. The van der Waals surface area contributed by atoms with Crippen molar-refractivity contribution in [2.24, 2.45) is 0 Å². The van der Waals surface area contributed by atoms with Crippen LogP contribution in [-0.2, 0) is 17.8 Å². The molecule has 0 unspecified atom stereocenters. The molecule has 1 aliphatic heterocycles. The number of aryl methyl sites for hydroxylation is 1. The van der Waals surface area contributed by atoms with Gasteiger partial charge in [0.2, 0.25) is 0 Å². The molecule has 1 N–H and O–H groups in total. The number of rotatable bonds is 5. The molecule has 0 bridgehead atoms. The summed E-state index contributed by atoms with van der Waals surface area (Å²) in [7, 11) is 0. The molecule has 0 saturated carbocycles. The number of hydrogen-bond donors (Lipinski definition) is 1. The molecule has 22 heavy (non-hydrogen) atoms. The Hall–Kier alpha value is -1.21. The van der Waals surface area contributed by atoms with E-state index in [1.54, 1.807) is 11.3 Å². The maximum atomic E-state index is 6.33. The van der Waals surface area contributed by atoms with Crippen molar-refractivity contribution in [3.63, 3.8) is 0 Å². The van der Waals surface area contributed by atoms with Gasteiger partial charge in [0.1, 0.15) is 10.0 Å². The molecule has 0 spiro atoms. The second kappa shape index (κ2) is 7.37. The molecule has 1 aliphatic rings. The molecule has 1 aromatic carbocycles. The number of halogens is 1. The first kappa shape index (κ1) is 15.7. The lowest BCUT2D eigenvalue weighted by Crippen LogP contribution is -2.35. The molecular formula is C15H19ClN4OS. The van der Waals surface area contributed by atoms with Crippen molar-refractivity contribution < 1.29 is 4.74 Å². The monoisotopic (exact) mass is 338 g/mol. The van der Waals surface area contributed by atoms with E-state index in [4.69, 9.17) is 16.3 Å². The molecule has 0 amide bonds. The number of aromatic nitrogens is 2. The normalized spacial score (nSPS) is 15.9. The van der Waals surface area contributed by atoms with Crippen LogP contribution in [0, 0.1) is 6.92 Å². The van der Waals surface area contributed by atoms with Crippen LogP contribution in [0.1, 0.15) is 15.6 Å². The van der Waals surface area contributed by atoms with Gasteiger partial charge < -0.3 is 10.1 Å². The van der Waals surface area contributed by atoms with E-state index in [9.17, 15) is 0 Å². The maximum absolute atomic E-state index is 6.33.